The van der Waals surface area contributed by atoms with E-state index in [1.165, 1.54) is 6.20 Å². The van der Waals surface area contributed by atoms with E-state index in [0.717, 1.165) is 12.8 Å². The van der Waals surface area contributed by atoms with Gasteiger partial charge in [-0.05, 0) is 30.7 Å². The molecule has 0 bridgehead atoms. The molecule has 7 nitrogen and oxygen atoms in total. The normalized spacial score (nSPS) is 21.5. The lowest BCUT2D eigenvalue weighted by Crippen LogP contribution is -2.35. The minimum atomic E-state index is -1.34. The number of nitrogens with zero attached hydrogens (tertiary/aromatic N) is 2. The number of anilines is 2. The molecule has 1 aliphatic carbocycles. The average molecular weight is 388 g/mol. The molecule has 2 aromatic rings. The number of hydrogen-bond acceptors (Lipinski definition) is 5. The van der Waals surface area contributed by atoms with Gasteiger partial charge in [-0.2, -0.15) is 0 Å². The van der Waals surface area contributed by atoms with Crippen molar-refractivity contribution in [2.45, 2.75) is 45.7 Å². The number of aryl methyl sites for hydroxylation is 1. The first-order chi connectivity index (χ1) is 13.0. The van der Waals surface area contributed by atoms with Gasteiger partial charge in [0.25, 0.3) is 0 Å². The lowest BCUT2D eigenvalue weighted by atomic mass is 9.89. The van der Waals surface area contributed by atoms with Crippen molar-refractivity contribution in [1.82, 2.24) is 4.57 Å². The Balaban J connectivity index is 2.06. The van der Waals surface area contributed by atoms with Crippen LogP contribution in [-0.2, 0) is 0 Å². The van der Waals surface area contributed by atoms with Crippen LogP contribution < -0.4 is 21.8 Å². The standard InChI is InChI=1S/C20H25FN4O3/c1-9-16-13(18(26)11(19(27)28)6-25(16)10-4-5-10)15(23)14(21)17(9)24-7-12(22)20(2,3)8-24/h6,10,12H,4-5,7-8,22-23H2,1-3H3,(H,27,28)/t12-/m0/s1. The molecule has 0 spiro atoms. The first kappa shape index (κ1) is 18.7. The molecule has 0 unspecified atom stereocenters. The topological polar surface area (TPSA) is 115 Å². The van der Waals surface area contributed by atoms with Crippen molar-refractivity contribution in [3.8, 4) is 0 Å². The van der Waals surface area contributed by atoms with E-state index in [1.807, 2.05) is 18.7 Å². The summed E-state index contributed by atoms with van der Waals surface area (Å²) in [6.45, 7) is 6.88. The first-order valence-electron chi connectivity index (χ1n) is 9.44. The summed E-state index contributed by atoms with van der Waals surface area (Å²) in [5, 5.41) is 9.38. The fraction of sp³-hybridized carbons (Fsp3) is 0.500. The molecule has 5 N–H and O–H groups in total. The number of carboxylic acids is 1. The monoisotopic (exact) mass is 388 g/mol. The Bertz CT molecular complexity index is 1070. The zero-order valence-corrected chi connectivity index (χ0v) is 16.3. The number of aromatic nitrogens is 1. The van der Waals surface area contributed by atoms with Crippen LogP contribution in [0.3, 0.4) is 0 Å². The molecule has 1 saturated carbocycles. The van der Waals surface area contributed by atoms with Gasteiger partial charge in [-0.15, -0.1) is 0 Å². The van der Waals surface area contributed by atoms with Gasteiger partial charge in [0.1, 0.15) is 5.56 Å². The number of halogens is 1. The fourth-order valence-electron chi connectivity index (χ4n) is 4.28. The molecule has 1 aromatic heterocycles. The lowest BCUT2D eigenvalue weighted by molar-refractivity contribution is 0.0695. The van der Waals surface area contributed by atoms with Gasteiger partial charge >= 0.3 is 5.97 Å². The molecule has 1 atom stereocenters. The highest BCUT2D eigenvalue weighted by atomic mass is 19.1. The molecule has 2 fully saturated rings. The zero-order valence-electron chi connectivity index (χ0n) is 16.3. The van der Waals surface area contributed by atoms with E-state index in [9.17, 15) is 14.7 Å². The second kappa shape index (κ2) is 5.94. The molecular weight excluding hydrogens is 363 g/mol. The second-order valence-electron chi connectivity index (χ2n) is 8.72. The summed E-state index contributed by atoms with van der Waals surface area (Å²) >= 11 is 0. The molecule has 2 heterocycles. The van der Waals surface area contributed by atoms with Crippen molar-refractivity contribution >= 4 is 28.2 Å². The summed E-state index contributed by atoms with van der Waals surface area (Å²) in [6, 6.07) is -0.0295. The van der Waals surface area contributed by atoms with E-state index >= 15 is 4.39 Å². The van der Waals surface area contributed by atoms with Crippen LogP contribution >= 0.6 is 0 Å². The maximum Gasteiger partial charge on any atom is 0.341 e. The SMILES string of the molecule is Cc1c(N2C[C@H](N)C(C)(C)C2)c(F)c(N)c2c(=O)c(C(=O)O)cn(C3CC3)c12. The highest BCUT2D eigenvalue weighted by Crippen LogP contribution is 2.43. The highest BCUT2D eigenvalue weighted by molar-refractivity contribution is 6.01. The van der Waals surface area contributed by atoms with Crippen molar-refractivity contribution in [3.63, 3.8) is 0 Å². The number of nitrogen functional groups attached to an aromatic ring is 1. The van der Waals surface area contributed by atoms with Crippen LogP contribution in [0.1, 0.15) is 48.7 Å². The molecule has 2 aliphatic rings. The van der Waals surface area contributed by atoms with E-state index in [4.69, 9.17) is 11.5 Å². The Morgan fingerprint density at radius 3 is 2.50 bits per heavy atom. The first-order valence-corrected chi connectivity index (χ1v) is 9.44. The van der Waals surface area contributed by atoms with Crippen molar-refractivity contribution in [2.24, 2.45) is 11.1 Å². The third-order valence-electron chi connectivity index (χ3n) is 6.17. The van der Waals surface area contributed by atoms with Crippen LogP contribution in [0, 0.1) is 18.2 Å². The van der Waals surface area contributed by atoms with E-state index in [1.54, 1.807) is 11.5 Å². The summed E-state index contributed by atoms with van der Waals surface area (Å²) < 4.78 is 17.2. The summed E-state index contributed by atoms with van der Waals surface area (Å²) in [5.41, 5.74) is 12.2. The Hall–Kier alpha value is -2.61. The van der Waals surface area contributed by atoms with Crippen molar-refractivity contribution in [2.75, 3.05) is 23.7 Å². The highest BCUT2D eigenvalue weighted by Gasteiger charge is 2.39. The zero-order chi connectivity index (χ0) is 20.5. The molecule has 1 saturated heterocycles. The minimum Gasteiger partial charge on any atom is -0.477 e. The summed E-state index contributed by atoms with van der Waals surface area (Å²) in [4.78, 5) is 26.2. The number of carboxylic acid groups (broad SMARTS) is 1. The smallest absolute Gasteiger partial charge is 0.341 e. The minimum absolute atomic E-state index is 0.0479. The second-order valence-corrected chi connectivity index (χ2v) is 8.72. The Morgan fingerprint density at radius 2 is 2.00 bits per heavy atom. The van der Waals surface area contributed by atoms with Crippen LogP contribution in [0.4, 0.5) is 15.8 Å². The van der Waals surface area contributed by atoms with Crippen LogP contribution in [-0.4, -0.2) is 34.8 Å². The predicted octanol–water partition coefficient (Wildman–Crippen LogP) is 2.24. The number of carbonyl (C=O) groups is 1. The number of fused-ring (bicyclic) bond motifs is 1. The van der Waals surface area contributed by atoms with Gasteiger partial charge in [0.05, 0.1) is 22.3 Å². The average Bonchev–Trinajstić information content (AvgIpc) is 3.39. The largest absolute Gasteiger partial charge is 0.477 e. The van der Waals surface area contributed by atoms with Gasteiger partial charge in [0.15, 0.2) is 5.82 Å². The third kappa shape index (κ3) is 2.58. The molecule has 28 heavy (non-hydrogen) atoms. The summed E-state index contributed by atoms with van der Waals surface area (Å²) in [7, 11) is 0. The Morgan fingerprint density at radius 1 is 1.36 bits per heavy atom. The molecule has 0 amide bonds. The van der Waals surface area contributed by atoms with Gasteiger partial charge in [0.2, 0.25) is 5.43 Å². The van der Waals surface area contributed by atoms with Crippen molar-refractivity contribution in [3.05, 3.63) is 33.4 Å². The lowest BCUT2D eigenvalue weighted by Gasteiger charge is -2.26. The van der Waals surface area contributed by atoms with Gasteiger partial charge in [0, 0.05) is 31.4 Å². The van der Waals surface area contributed by atoms with Gasteiger partial charge in [-0.1, -0.05) is 13.8 Å². The summed E-state index contributed by atoms with van der Waals surface area (Å²) in [6.07, 6.45) is 3.13. The van der Waals surface area contributed by atoms with Crippen molar-refractivity contribution < 1.29 is 14.3 Å². The molecule has 150 valence electrons. The summed E-state index contributed by atoms with van der Waals surface area (Å²) in [5.74, 6) is -2.02. The van der Waals surface area contributed by atoms with Crippen LogP contribution in [0.25, 0.3) is 10.9 Å². The predicted molar refractivity (Wildman–Crippen MR) is 107 cm³/mol. The molecule has 8 heteroatoms. The quantitative estimate of drug-likeness (QED) is 0.695. The van der Waals surface area contributed by atoms with Crippen LogP contribution in [0.15, 0.2) is 11.0 Å². The van der Waals surface area contributed by atoms with Crippen molar-refractivity contribution in [1.29, 1.82) is 0 Å². The molecular formula is C20H25FN4O3. The van der Waals surface area contributed by atoms with Crippen LogP contribution in [0.5, 0.6) is 0 Å². The molecule has 1 aromatic carbocycles. The maximum atomic E-state index is 15.4. The number of rotatable bonds is 3. The Labute approximate surface area is 161 Å². The van der Waals surface area contributed by atoms with Crippen LogP contribution in [0.2, 0.25) is 0 Å². The third-order valence-corrected chi connectivity index (χ3v) is 6.17. The molecule has 0 radical (unpaired) electrons. The van der Waals surface area contributed by atoms with Gasteiger partial charge in [-0.3, -0.25) is 4.79 Å². The maximum absolute atomic E-state index is 15.4. The van der Waals surface area contributed by atoms with E-state index in [0.29, 0.717) is 29.9 Å². The number of aromatic carboxylic acids is 1. The number of nitrogens with two attached hydrogens (primary N) is 2. The molecule has 4 rings (SSSR count). The number of pyridine rings is 1. The number of benzene rings is 1. The number of hydrogen-bond donors (Lipinski definition) is 3. The fourth-order valence-corrected chi connectivity index (χ4v) is 4.28. The van der Waals surface area contributed by atoms with Gasteiger partial charge < -0.3 is 26.0 Å². The van der Waals surface area contributed by atoms with E-state index in [-0.39, 0.29) is 34.1 Å². The van der Waals surface area contributed by atoms with E-state index < -0.39 is 17.2 Å². The van der Waals surface area contributed by atoms with E-state index in [2.05, 4.69) is 0 Å². The molecule has 1 aliphatic heterocycles. The van der Waals surface area contributed by atoms with Gasteiger partial charge in [-0.25, -0.2) is 9.18 Å². The Kier molecular flexibility index (Phi) is 3.98.